The maximum atomic E-state index is 12.5. The number of amides is 1. The lowest BCUT2D eigenvalue weighted by Crippen LogP contribution is -2.46. The average molecular weight is 391 g/mol. The van der Waals surface area contributed by atoms with E-state index in [0.29, 0.717) is 31.1 Å². The number of carboxylic acid groups (broad SMARTS) is 1. The van der Waals surface area contributed by atoms with Crippen molar-refractivity contribution in [2.45, 2.75) is 49.9 Å². The van der Waals surface area contributed by atoms with Gasteiger partial charge in [-0.15, -0.1) is 0 Å². The molecule has 0 spiro atoms. The largest absolute Gasteiger partial charge is 0.487 e. The number of anilines is 1. The van der Waals surface area contributed by atoms with Crippen LogP contribution in [-0.2, 0) is 19.1 Å². The van der Waals surface area contributed by atoms with Gasteiger partial charge in [0.25, 0.3) is 0 Å². The number of aliphatic hydroxyl groups is 1. The first kappa shape index (κ1) is 19.2. The third-order valence-electron chi connectivity index (χ3n) is 5.76. The highest BCUT2D eigenvalue weighted by Crippen LogP contribution is 2.47. The van der Waals surface area contributed by atoms with Crippen LogP contribution in [0.1, 0.15) is 37.2 Å². The minimum atomic E-state index is -0.934. The first-order valence-corrected chi connectivity index (χ1v) is 9.72. The highest BCUT2D eigenvalue weighted by molar-refractivity contribution is 5.92. The minimum absolute atomic E-state index is 0.0114. The van der Waals surface area contributed by atoms with Crippen LogP contribution in [0.4, 0.5) is 5.69 Å². The van der Waals surface area contributed by atoms with Crippen molar-refractivity contribution in [2.24, 2.45) is 5.92 Å². The number of aliphatic hydroxyl groups excluding tert-OH is 1. The Kier molecular flexibility index (Phi) is 5.52. The molecule has 0 bridgehead atoms. The average Bonchev–Trinajstić information content (AvgIpc) is 3.05. The molecule has 0 aliphatic carbocycles. The number of fused-ring (bicyclic) bond motifs is 3. The first-order valence-electron chi connectivity index (χ1n) is 9.72. The molecule has 3 N–H and O–H groups in total. The van der Waals surface area contributed by atoms with Crippen LogP contribution < -0.4 is 10.1 Å². The van der Waals surface area contributed by atoms with Gasteiger partial charge in [-0.25, -0.2) is 0 Å². The van der Waals surface area contributed by atoms with Crippen molar-refractivity contribution < 1.29 is 34.0 Å². The van der Waals surface area contributed by atoms with Crippen LogP contribution in [0.2, 0.25) is 0 Å². The second-order valence-electron chi connectivity index (χ2n) is 7.63. The zero-order chi connectivity index (χ0) is 19.7. The Hall–Kier alpha value is -2.16. The maximum absolute atomic E-state index is 12.5. The lowest BCUT2D eigenvalue weighted by molar-refractivity contribution is -0.153. The van der Waals surface area contributed by atoms with Gasteiger partial charge in [-0.1, -0.05) is 0 Å². The van der Waals surface area contributed by atoms with Gasteiger partial charge < -0.3 is 29.7 Å². The number of nitrogens with one attached hydrogen (secondary N) is 1. The molecule has 8 heteroatoms. The minimum Gasteiger partial charge on any atom is -0.487 e. The summed E-state index contributed by atoms with van der Waals surface area (Å²) in [6.07, 6.45) is 0.411. The number of carbonyl (C=O) groups excluding carboxylic acids is 1. The molecule has 1 aromatic rings. The van der Waals surface area contributed by atoms with Crippen molar-refractivity contribution in [3.05, 3.63) is 23.8 Å². The molecule has 152 valence electrons. The van der Waals surface area contributed by atoms with Gasteiger partial charge in [-0.3, -0.25) is 9.59 Å². The molecular formula is C20H25NO7. The van der Waals surface area contributed by atoms with E-state index in [1.165, 1.54) is 0 Å². The highest BCUT2D eigenvalue weighted by atomic mass is 16.6. The van der Waals surface area contributed by atoms with Gasteiger partial charge in [0, 0.05) is 36.3 Å². The van der Waals surface area contributed by atoms with Crippen molar-refractivity contribution in [3.8, 4) is 5.75 Å². The van der Waals surface area contributed by atoms with Crippen molar-refractivity contribution in [1.29, 1.82) is 0 Å². The molecule has 0 aromatic heterocycles. The Morgan fingerprint density at radius 1 is 1.21 bits per heavy atom. The van der Waals surface area contributed by atoms with Crippen LogP contribution in [0.5, 0.6) is 5.75 Å². The summed E-state index contributed by atoms with van der Waals surface area (Å²) in [5.41, 5.74) is 1.62. The fourth-order valence-electron chi connectivity index (χ4n) is 4.37. The molecule has 2 fully saturated rings. The standard InChI is InChI=1S/C20H25NO7/c22-10-17-19-15(8-13(27-17)9-18(23)24)14-7-12(1-2-16(14)28-19)21-20(25)11-3-5-26-6-4-11/h1-2,7,11,13,15,17,19,22H,3-6,8-10H2,(H,21,25)(H,23,24)/t13-,15+,17+,19-/m1/s1. The summed E-state index contributed by atoms with van der Waals surface area (Å²) in [5.74, 6) is -0.380. The molecule has 3 aliphatic rings. The topological polar surface area (TPSA) is 114 Å². The normalized spacial score (nSPS) is 29.5. The summed E-state index contributed by atoms with van der Waals surface area (Å²) < 4.78 is 17.0. The second kappa shape index (κ2) is 8.06. The highest BCUT2D eigenvalue weighted by Gasteiger charge is 2.46. The molecule has 4 rings (SSSR count). The molecular weight excluding hydrogens is 366 g/mol. The van der Waals surface area contributed by atoms with Crippen LogP contribution in [-0.4, -0.2) is 60.2 Å². The molecule has 0 unspecified atom stereocenters. The van der Waals surface area contributed by atoms with Crippen LogP contribution in [0.15, 0.2) is 18.2 Å². The molecule has 8 nitrogen and oxygen atoms in total. The van der Waals surface area contributed by atoms with E-state index in [4.69, 9.17) is 19.3 Å². The fourth-order valence-corrected chi connectivity index (χ4v) is 4.37. The quantitative estimate of drug-likeness (QED) is 0.697. The zero-order valence-corrected chi connectivity index (χ0v) is 15.5. The van der Waals surface area contributed by atoms with Crippen LogP contribution >= 0.6 is 0 Å². The van der Waals surface area contributed by atoms with Gasteiger partial charge in [0.15, 0.2) is 0 Å². The van der Waals surface area contributed by atoms with E-state index in [9.17, 15) is 14.7 Å². The number of carbonyl (C=O) groups is 2. The number of aliphatic carboxylic acids is 1. The number of ether oxygens (including phenoxy) is 3. The van der Waals surface area contributed by atoms with Crippen LogP contribution in [0.25, 0.3) is 0 Å². The predicted molar refractivity (Wildman–Crippen MR) is 98.4 cm³/mol. The number of hydrogen-bond donors (Lipinski definition) is 3. The van der Waals surface area contributed by atoms with Gasteiger partial charge in [0.1, 0.15) is 18.0 Å². The fraction of sp³-hybridized carbons (Fsp3) is 0.600. The summed E-state index contributed by atoms with van der Waals surface area (Å²) in [4.78, 5) is 23.6. The van der Waals surface area contributed by atoms with E-state index >= 15 is 0 Å². The van der Waals surface area contributed by atoms with E-state index in [1.54, 1.807) is 6.07 Å². The number of hydrogen-bond acceptors (Lipinski definition) is 6. The van der Waals surface area contributed by atoms with Crippen molar-refractivity contribution in [3.63, 3.8) is 0 Å². The van der Waals surface area contributed by atoms with Crippen molar-refractivity contribution in [1.82, 2.24) is 0 Å². The molecule has 0 radical (unpaired) electrons. The number of benzene rings is 1. The Morgan fingerprint density at radius 3 is 2.71 bits per heavy atom. The SMILES string of the molecule is O=C(O)C[C@H]1C[C@H]2c3cc(NC(=O)C4CCOCC4)ccc3O[C@H]2[C@H](CO)O1. The Morgan fingerprint density at radius 2 is 2.00 bits per heavy atom. The van der Waals surface area contributed by atoms with E-state index in [-0.39, 0.29) is 36.9 Å². The van der Waals surface area contributed by atoms with Crippen molar-refractivity contribution in [2.75, 3.05) is 25.1 Å². The summed E-state index contributed by atoms with van der Waals surface area (Å²) >= 11 is 0. The molecule has 2 saturated heterocycles. The summed E-state index contributed by atoms with van der Waals surface area (Å²) in [6, 6.07) is 5.51. The zero-order valence-electron chi connectivity index (χ0n) is 15.5. The molecule has 28 heavy (non-hydrogen) atoms. The third-order valence-corrected chi connectivity index (χ3v) is 5.76. The van der Waals surface area contributed by atoms with Gasteiger partial charge in [0.05, 0.1) is 19.1 Å². The Balaban J connectivity index is 1.51. The summed E-state index contributed by atoms with van der Waals surface area (Å²) in [6.45, 7) is 0.972. The van der Waals surface area contributed by atoms with Crippen LogP contribution in [0.3, 0.4) is 0 Å². The van der Waals surface area contributed by atoms with Gasteiger partial charge in [0.2, 0.25) is 5.91 Å². The maximum Gasteiger partial charge on any atom is 0.305 e. The lowest BCUT2D eigenvalue weighted by atomic mass is 9.84. The third kappa shape index (κ3) is 3.85. The molecule has 4 atom stereocenters. The molecule has 1 aromatic carbocycles. The molecule has 0 saturated carbocycles. The van der Waals surface area contributed by atoms with E-state index in [1.807, 2.05) is 12.1 Å². The van der Waals surface area contributed by atoms with Gasteiger partial charge in [-0.2, -0.15) is 0 Å². The predicted octanol–water partition coefficient (Wildman–Crippen LogP) is 1.52. The van der Waals surface area contributed by atoms with Crippen LogP contribution in [0, 0.1) is 5.92 Å². The van der Waals surface area contributed by atoms with Crippen molar-refractivity contribution >= 4 is 17.6 Å². The molecule has 3 heterocycles. The van der Waals surface area contributed by atoms with E-state index in [2.05, 4.69) is 5.32 Å². The Labute approximate surface area is 162 Å². The monoisotopic (exact) mass is 391 g/mol. The summed E-state index contributed by atoms with van der Waals surface area (Å²) in [5, 5.41) is 21.7. The Bertz CT molecular complexity index is 746. The number of carboxylic acids is 1. The van der Waals surface area contributed by atoms with E-state index < -0.39 is 18.2 Å². The second-order valence-corrected chi connectivity index (χ2v) is 7.63. The number of rotatable bonds is 5. The molecule has 1 amide bonds. The summed E-state index contributed by atoms with van der Waals surface area (Å²) in [7, 11) is 0. The smallest absolute Gasteiger partial charge is 0.305 e. The van der Waals surface area contributed by atoms with E-state index in [0.717, 1.165) is 18.4 Å². The van der Waals surface area contributed by atoms with Gasteiger partial charge >= 0.3 is 5.97 Å². The lowest BCUT2D eigenvalue weighted by Gasteiger charge is -2.36. The molecule has 3 aliphatic heterocycles. The van der Waals surface area contributed by atoms with Gasteiger partial charge in [-0.05, 0) is 37.5 Å². The first-order chi connectivity index (χ1) is 13.5.